The Balaban J connectivity index is 2.16. The van der Waals surface area contributed by atoms with Gasteiger partial charge in [-0.15, -0.1) is 11.3 Å². The van der Waals surface area contributed by atoms with Crippen LogP contribution in [0, 0.1) is 3.57 Å². The first kappa shape index (κ1) is 13.8. The van der Waals surface area contributed by atoms with Crippen LogP contribution in [0.3, 0.4) is 0 Å². The number of rotatable bonds is 3. The lowest BCUT2D eigenvalue weighted by Crippen LogP contribution is -2.05. The summed E-state index contributed by atoms with van der Waals surface area (Å²) in [6.45, 7) is 2.17. The maximum atomic E-state index is 3.57. The van der Waals surface area contributed by atoms with E-state index in [1.807, 2.05) is 0 Å². The third-order valence-electron chi connectivity index (χ3n) is 2.34. The molecule has 1 unspecified atom stereocenters. The van der Waals surface area contributed by atoms with Crippen LogP contribution in [0.1, 0.15) is 17.8 Å². The molecule has 1 atom stereocenters. The van der Waals surface area contributed by atoms with Gasteiger partial charge in [0.05, 0.1) is 6.04 Å². The van der Waals surface area contributed by atoms with E-state index in [-0.39, 0.29) is 0 Å². The maximum absolute atomic E-state index is 3.57. The summed E-state index contributed by atoms with van der Waals surface area (Å²) in [5.41, 5.74) is 1.14. The van der Waals surface area contributed by atoms with E-state index in [4.69, 9.17) is 0 Å². The van der Waals surface area contributed by atoms with Crippen LogP contribution >= 0.6 is 65.8 Å². The molecule has 0 aliphatic rings. The van der Waals surface area contributed by atoms with Gasteiger partial charge in [-0.05, 0) is 91.0 Å². The lowest BCUT2D eigenvalue weighted by molar-refractivity contribution is 0.903. The zero-order valence-corrected chi connectivity index (χ0v) is 15.2. The standard InChI is InChI=1S/C12H10Br2INS/c1-7(12-10(14)4-5-17-12)16-8-2-3-9(13)11(15)6-8/h2-7,16H,1H3. The molecule has 0 saturated heterocycles. The summed E-state index contributed by atoms with van der Waals surface area (Å²) in [6.07, 6.45) is 0. The number of halogens is 3. The van der Waals surface area contributed by atoms with Crippen LogP contribution in [-0.2, 0) is 0 Å². The van der Waals surface area contributed by atoms with Crippen molar-refractivity contribution in [2.75, 3.05) is 5.32 Å². The quantitative estimate of drug-likeness (QED) is 0.521. The molecule has 0 radical (unpaired) electrons. The molecule has 0 spiro atoms. The topological polar surface area (TPSA) is 12.0 Å². The van der Waals surface area contributed by atoms with Gasteiger partial charge in [0.25, 0.3) is 0 Å². The first-order chi connectivity index (χ1) is 8.08. The second-order valence-corrected chi connectivity index (χ2v) is 7.45. The molecular formula is C12H10Br2INS. The highest BCUT2D eigenvalue weighted by molar-refractivity contribution is 14.1. The minimum absolute atomic E-state index is 0.307. The number of hydrogen-bond donors (Lipinski definition) is 1. The van der Waals surface area contributed by atoms with Crippen LogP contribution in [0.15, 0.2) is 38.6 Å². The van der Waals surface area contributed by atoms with Gasteiger partial charge < -0.3 is 5.32 Å². The average Bonchev–Trinajstić information content (AvgIpc) is 2.70. The Bertz CT molecular complexity index is 527. The molecule has 0 fully saturated rings. The SMILES string of the molecule is CC(Nc1ccc(Br)c(I)c1)c1sccc1Br. The minimum Gasteiger partial charge on any atom is -0.378 e. The zero-order valence-electron chi connectivity index (χ0n) is 9.01. The van der Waals surface area contributed by atoms with Crippen molar-refractivity contribution in [2.24, 2.45) is 0 Å². The van der Waals surface area contributed by atoms with Crippen LogP contribution in [0.2, 0.25) is 0 Å². The van der Waals surface area contributed by atoms with Gasteiger partial charge in [-0.25, -0.2) is 0 Å². The van der Waals surface area contributed by atoms with Gasteiger partial charge >= 0.3 is 0 Å². The summed E-state index contributed by atoms with van der Waals surface area (Å²) < 4.78 is 3.52. The lowest BCUT2D eigenvalue weighted by atomic mass is 10.2. The van der Waals surface area contributed by atoms with E-state index in [1.165, 1.54) is 12.9 Å². The molecule has 90 valence electrons. The summed E-state index contributed by atoms with van der Waals surface area (Å²) >= 11 is 11.2. The summed E-state index contributed by atoms with van der Waals surface area (Å²) in [7, 11) is 0. The minimum atomic E-state index is 0.307. The Morgan fingerprint density at radius 3 is 2.59 bits per heavy atom. The van der Waals surface area contributed by atoms with Crippen LogP contribution in [0.4, 0.5) is 5.69 Å². The summed E-state index contributed by atoms with van der Waals surface area (Å²) in [5, 5.41) is 5.61. The van der Waals surface area contributed by atoms with E-state index in [0.29, 0.717) is 6.04 Å². The van der Waals surface area contributed by atoms with Gasteiger partial charge in [0.2, 0.25) is 0 Å². The van der Waals surface area contributed by atoms with Crippen molar-refractivity contribution >= 4 is 71.5 Å². The molecule has 1 N–H and O–H groups in total. The first-order valence-corrected chi connectivity index (χ1v) is 8.57. The molecule has 0 aliphatic heterocycles. The molecule has 1 nitrogen and oxygen atoms in total. The fourth-order valence-corrected chi connectivity index (χ4v) is 4.00. The first-order valence-electron chi connectivity index (χ1n) is 5.02. The smallest absolute Gasteiger partial charge is 0.0589 e. The van der Waals surface area contributed by atoms with Gasteiger partial charge in [0, 0.05) is 23.1 Å². The van der Waals surface area contributed by atoms with Crippen molar-refractivity contribution < 1.29 is 0 Å². The highest BCUT2D eigenvalue weighted by atomic mass is 127. The van der Waals surface area contributed by atoms with E-state index < -0.39 is 0 Å². The largest absolute Gasteiger partial charge is 0.378 e. The summed E-state index contributed by atoms with van der Waals surface area (Å²) in [6, 6.07) is 8.69. The highest BCUT2D eigenvalue weighted by Crippen LogP contribution is 2.32. The van der Waals surface area contributed by atoms with Gasteiger partial charge in [0.15, 0.2) is 0 Å². The van der Waals surface area contributed by atoms with E-state index in [0.717, 1.165) is 10.2 Å². The number of nitrogens with one attached hydrogen (secondary N) is 1. The number of thiophene rings is 1. The third kappa shape index (κ3) is 3.45. The molecule has 2 aromatic rings. The normalized spacial score (nSPS) is 12.5. The second-order valence-electron chi connectivity index (χ2n) is 3.63. The van der Waals surface area contributed by atoms with E-state index in [9.17, 15) is 0 Å². The third-order valence-corrected chi connectivity index (χ3v) is 6.72. The Morgan fingerprint density at radius 1 is 1.24 bits per heavy atom. The van der Waals surface area contributed by atoms with Crippen LogP contribution in [0.25, 0.3) is 0 Å². The van der Waals surface area contributed by atoms with Crippen LogP contribution < -0.4 is 5.32 Å². The fourth-order valence-electron chi connectivity index (χ4n) is 1.52. The van der Waals surface area contributed by atoms with Gasteiger partial charge in [-0.3, -0.25) is 0 Å². The van der Waals surface area contributed by atoms with E-state index >= 15 is 0 Å². The van der Waals surface area contributed by atoms with Gasteiger partial charge in [-0.1, -0.05) is 0 Å². The lowest BCUT2D eigenvalue weighted by Gasteiger charge is -2.15. The summed E-state index contributed by atoms with van der Waals surface area (Å²) in [5.74, 6) is 0. The molecule has 0 amide bonds. The highest BCUT2D eigenvalue weighted by Gasteiger charge is 2.10. The molecule has 17 heavy (non-hydrogen) atoms. The monoisotopic (exact) mass is 485 g/mol. The van der Waals surface area contributed by atoms with Crippen molar-refractivity contribution in [1.82, 2.24) is 0 Å². The van der Waals surface area contributed by atoms with E-state index in [1.54, 1.807) is 11.3 Å². The molecule has 0 aliphatic carbocycles. The number of benzene rings is 1. The average molecular weight is 487 g/mol. The van der Waals surface area contributed by atoms with Crippen LogP contribution in [0.5, 0.6) is 0 Å². The molecule has 0 bridgehead atoms. The Hall–Kier alpha value is 0.410. The second kappa shape index (κ2) is 6.04. The van der Waals surface area contributed by atoms with Crippen molar-refractivity contribution in [1.29, 1.82) is 0 Å². The predicted molar refractivity (Wildman–Crippen MR) is 90.9 cm³/mol. The zero-order chi connectivity index (χ0) is 12.4. The number of anilines is 1. The number of hydrogen-bond acceptors (Lipinski definition) is 2. The maximum Gasteiger partial charge on any atom is 0.0589 e. The fraction of sp³-hybridized carbons (Fsp3) is 0.167. The Kier molecular flexibility index (Phi) is 4.91. The van der Waals surface area contributed by atoms with Crippen molar-refractivity contribution in [3.05, 3.63) is 47.0 Å². The summed E-state index contributed by atoms with van der Waals surface area (Å²) in [4.78, 5) is 1.32. The molecule has 1 aromatic carbocycles. The van der Waals surface area contributed by atoms with Gasteiger partial charge in [-0.2, -0.15) is 0 Å². The molecular weight excluding hydrogens is 477 g/mol. The molecule has 2 rings (SSSR count). The van der Waals surface area contributed by atoms with Crippen molar-refractivity contribution in [3.63, 3.8) is 0 Å². The van der Waals surface area contributed by atoms with E-state index in [2.05, 4.69) is 96.3 Å². The predicted octanol–water partition coefficient (Wildman–Crippen LogP) is 6.05. The van der Waals surface area contributed by atoms with Crippen molar-refractivity contribution in [3.8, 4) is 0 Å². The molecule has 1 heterocycles. The van der Waals surface area contributed by atoms with Gasteiger partial charge in [0.1, 0.15) is 0 Å². The van der Waals surface area contributed by atoms with Crippen LogP contribution in [-0.4, -0.2) is 0 Å². The molecule has 5 heteroatoms. The Morgan fingerprint density at radius 2 is 2.00 bits per heavy atom. The molecule has 1 aromatic heterocycles. The van der Waals surface area contributed by atoms with Crippen molar-refractivity contribution in [2.45, 2.75) is 13.0 Å². The Labute approximate surface area is 135 Å². The molecule has 0 saturated carbocycles.